The molecule has 19 heavy (non-hydrogen) atoms. The Morgan fingerprint density at radius 2 is 1.63 bits per heavy atom. The Morgan fingerprint density at radius 1 is 0.895 bits per heavy atom. The van der Waals surface area contributed by atoms with E-state index in [1.807, 2.05) is 0 Å². The number of hydrogen-bond acceptors (Lipinski definition) is 2. The molecule has 2 nitrogen and oxygen atoms in total. The lowest BCUT2D eigenvalue weighted by Crippen LogP contribution is -2.05. The second kappa shape index (κ2) is 15.3. The first kappa shape index (κ1) is 18.2. The van der Waals surface area contributed by atoms with Crippen LogP contribution in [0.2, 0.25) is 0 Å². The standard InChI is InChI=1S/C17H32O2/c1-3-5-7-9-10-12-14-16-19-17(18)15-13-11-8-6-4-2/h5,7H,3-4,6,8-16H2,1-2H3. The Balaban J connectivity index is 3.18. The number of ether oxygens (including phenoxy) is 1. The van der Waals surface area contributed by atoms with Gasteiger partial charge in [-0.15, -0.1) is 0 Å². The zero-order chi connectivity index (χ0) is 14.2. The maximum Gasteiger partial charge on any atom is 0.305 e. The number of hydrogen-bond donors (Lipinski definition) is 0. The predicted octanol–water partition coefficient (Wildman–Crippen LogP) is 5.42. The highest BCUT2D eigenvalue weighted by molar-refractivity contribution is 5.69. The van der Waals surface area contributed by atoms with E-state index in [0.29, 0.717) is 13.0 Å². The minimum Gasteiger partial charge on any atom is -0.466 e. The lowest BCUT2D eigenvalue weighted by Gasteiger charge is -2.04. The minimum atomic E-state index is -0.0117. The van der Waals surface area contributed by atoms with Gasteiger partial charge >= 0.3 is 5.97 Å². The van der Waals surface area contributed by atoms with Gasteiger partial charge in [0.2, 0.25) is 0 Å². The highest BCUT2D eigenvalue weighted by Crippen LogP contribution is 2.06. The molecule has 0 aliphatic carbocycles. The van der Waals surface area contributed by atoms with Crippen molar-refractivity contribution in [2.45, 2.75) is 84.5 Å². The zero-order valence-corrected chi connectivity index (χ0v) is 13.0. The van der Waals surface area contributed by atoms with E-state index in [2.05, 4.69) is 26.0 Å². The molecule has 0 aliphatic rings. The minimum absolute atomic E-state index is 0.0117. The molecule has 0 fully saturated rings. The van der Waals surface area contributed by atoms with Crippen molar-refractivity contribution in [1.82, 2.24) is 0 Å². The third-order valence-corrected chi connectivity index (χ3v) is 3.17. The second-order valence-electron chi connectivity index (χ2n) is 5.11. The van der Waals surface area contributed by atoms with Crippen LogP contribution >= 0.6 is 0 Å². The Morgan fingerprint density at radius 3 is 2.37 bits per heavy atom. The molecule has 0 N–H and O–H groups in total. The van der Waals surface area contributed by atoms with Crippen LogP contribution in [0.4, 0.5) is 0 Å². The summed E-state index contributed by atoms with van der Waals surface area (Å²) in [5, 5.41) is 0. The van der Waals surface area contributed by atoms with Gasteiger partial charge in [0.1, 0.15) is 0 Å². The Hall–Kier alpha value is -0.790. The smallest absolute Gasteiger partial charge is 0.305 e. The molecule has 0 aliphatic heterocycles. The van der Waals surface area contributed by atoms with E-state index in [9.17, 15) is 4.79 Å². The molecule has 2 heteroatoms. The summed E-state index contributed by atoms with van der Waals surface area (Å²) in [6.45, 7) is 4.95. The molecule has 0 aromatic rings. The van der Waals surface area contributed by atoms with Crippen LogP contribution in [0.5, 0.6) is 0 Å². The summed E-state index contributed by atoms with van der Waals surface area (Å²) in [6.07, 6.45) is 16.6. The zero-order valence-electron chi connectivity index (χ0n) is 13.0. The van der Waals surface area contributed by atoms with Gasteiger partial charge in [0, 0.05) is 6.42 Å². The van der Waals surface area contributed by atoms with Crippen LogP contribution < -0.4 is 0 Å². The van der Waals surface area contributed by atoms with Crippen molar-refractivity contribution in [3.63, 3.8) is 0 Å². The first-order chi connectivity index (χ1) is 9.31. The van der Waals surface area contributed by atoms with Crippen LogP contribution in [0.3, 0.4) is 0 Å². The highest BCUT2D eigenvalue weighted by Gasteiger charge is 2.01. The quantitative estimate of drug-likeness (QED) is 0.253. The fraction of sp³-hybridized carbons (Fsp3) is 0.824. The largest absolute Gasteiger partial charge is 0.466 e. The Labute approximate surface area is 119 Å². The van der Waals surface area contributed by atoms with E-state index in [0.717, 1.165) is 38.5 Å². The van der Waals surface area contributed by atoms with Gasteiger partial charge in [-0.25, -0.2) is 0 Å². The van der Waals surface area contributed by atoms with Gasteiger partial charge in [0.25, 0.3) is 0 Å². The molecular weight excluding hydrogens is 236 g/mol. The van der Waals surface area contributed by atoms with E-state index in [1.165, 1.54) is 25.7 Å². The van der Waals surface area contributed by atoms with E-state index in [-0.39, 0.29) is 5.97 Å². The summed E-state index contributed by atoms with van der Waals surface area (Å²) in [7, 11) is 0. The van der Waals surface area contributed by atoms with Gasteiger partial charge < -0.3 is 4.74 Å². The van der Waals surface area contributed by atoms with E-state index < -0.39 is 0 Å². The highest BCUT2D eigenvalue weighted by atomic mass is 16.5. The molecule has 112 valence electrons. The molecule has 0 heterocycles. The third kappa shape index (κ3) is 15.2. The fourth-order valence-electron chi connectivity index (χ4n) is 1.96. The first-order valence-electron chi connectivity index (χ1n) is 8.11. The van der Waals surface area contributed by atoms with Crippen LogP contribution in [0.15, 0.2) is 12.2 Å². The van der Waals surface area contributed by atoms with Gasteiger partial charge in [0.05, 0.1) is 6.61 Å². The predicted molar refractivity (Wildman–Crippen MR) is 82.2 cm³/mol. The number of rotatable bonds is 13. The Kier molecular flexibility index (Phi) is 14.6. The SMILES string of the molecule is CCC=CCCCCCOC(=O)CCCCCCC. The van der Waals surface area contributed by atoms with Crippen LogP contribution in [0, 0.1) is 0 Å². The molecule has 0 radical (unpaired) electrons. The van der Waals surface area contributed by atoms with Crippen molar-refractivity contribution >= 4 is 5.97 Å². The maximum absolute atomic E-state index is 11.4. The summed E-state index contributed by atoms with van der Waals surface area (Å²) in [4.78, 5) is 11.4. The number of carbonyl (C=O) groups is 1. The van der Waals surface area contributed by atoms with Crippen molar-refractivity contribution in [1.29, 1.82) is 0 Å². The molecule has 0 spiro atoms. The van der Waals surface area contributed by atoms with Gasteiger partial charge in [-0.3, -0.25) is 4.79 Å². The van der Waals surface area contributed by atoms with Crippen LogP contribution in [0.25, 0.3) is 0 Å². The first-order valence-corrected chi connectivity index (χ1v) is 8.11. The molecule has 0 aromatic heterocycles. The average Bonchev–Trinajstić information content (AvgIpc) is 2.41. The topological polar surface area (TPSA) is 26.3 Å². The Bertz CT molecular complexity index is 221. The summed E-state index contributed by atoms with van der Waals surface area (Å²) in [5.74, 6) is -0.0117. The van der Waals surface area contributed by atoms with Crippen LogP contribution in [0.1, 0.15) is 84.5 Å². The van der Waals surface area contributed by atoms with Gasteiger partial charge in [-0.05, 0) is 38.5 Å². The van der Waals surface area contributed by atoms with Crippen molar-refractivity contribution in [3.05, 3.63) is 12.2 Å². The number of allylic oxidation sites excluding steroid dienone is 2. The van der Waals surface area contributed by atoms with E-state index in [1.54, 1.807) is 0 Å². The van der Waals surface area contributed by atoms with Gasteiger partial charge in [0.15, 0.2) is 0 Å². The van der Waals surface area contributed by atoms with Crippen LogP contribution in [-0.2, 0) is 9.53 Å². The normalized spacial score (nSPS) is 11.1. The van der Waals surface area contributed by atoms with Crippen molar-refractivity contribution in [3.8, 4) is 0 Å². The van der Waals surface area contributed by atoms with E-state index >= 15 is 0 Å². The average molecular weight is 268 g/mol. The molecule has 0 rings (SSSR count). The van der Waals surface area contributed by atoms with Gasteiger partial charge in [-0.1, -0.05) is 51.7 Å². The maximum atomic E-state index is 11.4. The summed E-state index contributed by atoms with van der Waals surface area (Å²) in [6, 6.07) is 0. The summed E-state index contributed by atoms with van der Waals surface area (Å²) < 4.78 is 5.22. The lowest BCUT2D eigenvalue weighted by atomic mass is 10.1. The molecule has 0 saturated carbocycles. The monoisotopic (exact) mass is 268 g/mol. The molecule has 0 unspecified atom stereocenters. The second-order valence-corrected chi connectivity index (χ2v) is 5.11. The molecular formula is C17H32O2. The number of unbranched alkanes of at least 4 members (excludes halogenated alkanes) is 7. The van der Waals surface area contributed by atoms with Crippen molar-refractivity contribution in [2.75, 3.05) is 6.61 Å². The van der Waals surface area contributed by atoms with Crippen molar-refractivity contribution in [2.24, 2.45) is 0 Å². The molecule has 0 aromatic carbocycles. The van der Waals surface area contributed by atoms with Crippen molar-refractivity contribution < 1.29 is 9.53 Å². The molecule has 0 amide bonds. The molecule has 0 saturated heterocycles. The summed E-state index contributed by atoms with van der Waals surface area (Å²) >= 11 is 0. The lowest BCUT2D eigenvalue weighted by molar-refractivity contribution is -0.143. The summed E-state index contributed by atoms with van der Waals surface area (Å²) in [5.41, 5.74) is 0. The number of esters is 1. The number of carbonyl (C=O) groups excluding carboxylic acids is 1. The van der Waals surface area contributed by atoms with Gasteiger partial charge in [-0.2, -0.15) is 0 Å². The fourth-order valence-corrected chi connectivity index (χ4v) is 1.96. The third-order valence-electron chi connectivity index (χ3n) is 3.17. The van der Waals surface area contributed by atoms with Crippen LogP contribution in [-0.4, -0.2) is 12.6 Å². The van der Waals surface area contributed by atoms with E-state index in [4.69, 9.17) is 4.74 Å². The molecule has 0 bridgehead atoms. The molecule has 0 atom stereocenters.